The van der Waals surface area contributed by atoms with Gasteiger partial charge in [0.25, 0.3) is 10.1 Å². The summed E-state index contributed by atoms with van der Waals surface area (Å²) in [5.41, 5.74) is 8.07. The smallest absolute Gasteiger partial charge is 0.301 e. The van der Waals surface area contributed by atoms with Crippen LogP contribution in [0.3, 0.4) is 0 Å². The van der Waals surface area contributed by atoms with Crippen LogP contribution in [0.15, 0.2) is 0 Å². The van der Waals surface area contributed by atoms with E-state index in [1.165, 1.54) is 20.8 Å². The molecule has 0 aliphatic carbocycles. The molecule has 0 rings (SSSR count). The minimum atomic E-state index is -3.66. The third-order valence-corrected chi connectivity index (χ3v) is 9.34. The summed E-state index contributed by atoms with van der Waals surface area (Å²) < 4.78 is 108. The predicted molar refractivity (Wildman–Crippen MR) is 134 cm³/mol. The summed E-state index contributed by atoms with van der Waals surface area (Å²) in [6.45, 7) is 7.42. The maximum absolute atomic E-state index is 10.4. The van der Waals surface area contributed by atoms with Gasteiger partial charge in [-0.1, -0.05) is 27.7 Å². The number of nitrogens with two attached hydrogens (primary N) is 1. The molecule has 0 saturated carbocycles. The first-order valence-corrected chi connectivity index (χ1v) is 19.0. The Kier molecular flexibility index (Phi) is 27.1. The average Bonchev–Trinajstić information content (AvgIpc) is 2.73. The van der Waals surface area contributed by atoms with Gasteiger partial charge >= 0.3 is 5.88 Å². The summed E-state index contributed by atoms with van der Waals surface area (Å²) >= 11 is 0. The number of quaternary nitrogens is 1. The van der Waals surface area contributed by atoms with E-state index in [0.717, 1.165) is 0 Å². The van der Waals surface area contributed by atoms with Crippen LogP contribution in [0.4, 0.5) is 0 Å². The summed E-state index contributed by atoms with van der Waals surface area (Å²) in [4.78, 5) is 8.75. The van der Waals surface area contributed by atoms with Gasteiger partial charge in [-0.15, -0.1) is 0 Å². The molecule has 0 aromatic carbocycles. The third kappa shape index (κ3) is 51.0. The fourth-order valence-corrected chi connectivity index (χ4v) is 1.54. The van der Waals surface area contributed by atoms with E-state index in [2.05, 4.69) is 16.4 Å². The molecule has 0 aliphatic rings. The molecule has 35 heavy (non-hydrogen) atoms. The molecule has 218 valence electrons. The van der Waals surface area contributed by atoms with Crippen molar-refractivity contribution >= 4 is 59.4 Å². The molecule has 0 aromatic heterocycles. The molecule has 0 amide bonds. The molecule has 0 aromatic rings. The summed E-state index contributed by atoms with van der Waals surface area (Å²) in [5.74, 6) is -1.19. The minimum absolute atomic E-state index is 0.00849. The van der Waals surface area contributed by atoms with Crippen LogP contribution in [0, 0.1) is 10.1 Å². The highest BCUT2D eigenvalue weighted by atomic mass is 35.7. The minimum Gasteiger partial charge on any atom is -0.345 e. The van der Waals surface area contributed by atoms with Crippen LogP contribution in [0.25, 0.3) is 0 Å². The van der Waals surface area contributed by atoms with Gasteiger partial charge in [-0.2, -0.15) is 8.42 Å². The van der Waals surface area contributed by atoms with Crippen LogP contribution in [0.1, 0.15) is 34.6 Å². The largest absolute Gasteiger partial charge is 0.345 e. The van der Waals surface area contributed by atoms with Gasteiger partial charge in [0, 0.05) is 21.4 Å². The first-order valence-electron chi connectivity index (χ1n) is 9.44. The van der Waals surface area contributed by atoms with E-state index < -0.39 is 59.5 Å². The summed E-state index contributed by atoms with van der Waals surface area (Å²) in [7, 11) is -11.2. The number of hydrogen-bond acceptors (Lipinski definition) is 13. The molecule has 0 radical (unpaired) electrons. The lowest BCUT2D eigenvalue weighted by Crippen LogP contribution is -2.54. The van der Waals surface area contributed by atoms with Gasteiger partial charge < -0.3 is 11.5 Å². The first kappa shape index (κ1) is 44.3. The van der Waals surface area contributed by atoms with Crippen molar-refractivity contribution in [2.24, 2.45) is 5.73 Å². The van der Waals surface area contributed by atoms with Crippen molar-refractivity contribution in [3.63, 3.8) is 0 Å². The summed E-state index contributed by atoms with van der Waals surface area (Å²) in [5, 5.41) is 9.60. The third-order valence-electron chi connectivity index (χ3n) is 2.90. The van der Waals surface area contributed by atoms with Crippen molar-refractivity contribution in [3.8, 4) is 0 Å². The Balaban J connectivity index is -0.000000108. The zero-order valence-corrected chi connectivity index (χ0v) is 25.0. The van der Waals surface area contributed by atoms with E-state index in [1.54, 1.807) is 13.8 Å². The number of sulfone groups is 3. The summed E-state index contributed by atoms with van der Waals surface area (Å²) in [6, 6.07) is 0. The topological polar surface area (TPSA) is 288 Å². The Hall–Kier alpha value is -0.680. The Labute approximate surface area is 212 Å². The second-order valence-corrected chi connectivity index (χ2v) is 17.6. The van der Waals surface area contributed by atoms with Crippen molar-refractivity contribution in [2.45, 2.75) is 34.6 Å². The lowest BCUT2D eigenvalue weighted by atomic mass is 11.0. The van der Waals surface area contributed by atoms with Gasteiger partial charge in [-0.05, 0) is 6.92 Å². The maximum atomic E-state index is 10.4. The van der Waals surface area contributed by atoms with Crippen molar-refractivity contribution in [3.05, 3.63) is 10.1 Å². The van der Waals surface area contributed by atoms with Crippen LogP contribution in [-0.4, -0.2) is 98.0 Å². The van der Waals surface area contributed by atoms with Crippen molar-refractivity contribution in [2.75, 3.05) is 46.4 Å². The lowest BCUT2D eigenvalue weighted by molar-refractivity contribution is -0.458. The molecule has 16 nitrogen and oxygen atoms in total. The SMILES string of the molecule is CCS(=O)(=O)CN.CCS(=O)(=O)C[N+](=O)[O-].CCS(=O)(=O)C[NH3+].CCS(=O)(=O)Cl.CCS(=O)(=O)O. The van der Waals surface area contributed by atoms with Crippen LogP contribution in [0.5, 0.6) is 0 Å². The Morgan fingerprint density at radius 2 is 1.03 bits per heavy atom. The molecule has 0 atom stereocenters. The standard InChI is InChI=1S/C3H7NO4S.2C3H9NO2S.C2H5ClO2S.C2H6O3S/c1-2-9(7,8)3-4(5)6;2*1-2-7(5,6)3-4;2*1-2-6(3,4)5/h2-3H2,1H3;2*2-4H2,1H3;2H2,1H3;2H2,1H3,(H,3,4,5)/p+1. The Morgan fingerprint density at radius 1 is 0.743 bits per heavy atom. The number of nitro groups is 1. The highest BCUT2D eigenvalue weighted by molar-refractivity contribution is 8.13. The van der Waals surface area contributed by atoms with Crippen LogP contribution < -0.4 is 11.5 Å². The van der Waals surface area contributed by atoms with Gasteiger partial charge in [-0.3, -0.25) is 14.7 Å². The predicted octanol–water partition coefficient (Wildman–Crippen LogP) is -1.92. The van der Waals surface area contributed by atoms with E-state index in [4.69, 9.17) is 10.3 Å². The summed E-state index contributed by atoms with van der Waals surface area (Å²) in [6.07, 6.45) is 0. The highest BCUT2D eigenvalue weighted by Gasteiger charge is 2.13. The van der Waals surface area contributed by atoms with Crippen LogP contribution >= 0.6 is 10.7 Å². The van der Waals surface area contributed by atoms with Gasteiger partial charge in [0.15, 0.2) is 25.6 Å². The number of hydrogen-bond donors (Lipinski definition) is 3. The van der Waals surface area contributed by atoms with Gasteiger partial charge in [-0.25, -0.2) is 33.7 Å². The zero-order valence-electron chi connectivity index (χ0n) is 20.2. The molecule has 22 heteroatoms. The van der Waals surface area contributed by atoms with Crippen molar-refractivity contribution in [1.29, 1.82) is 0 Å². The second-order valence-electron chi connectivity index (χ2n) is 5.63. The highest BCUT2D eigenvalue weighted by Crippen LogP contribution is 1.91. The van der Waals surface area contributed by atoms with Gasteiger partial charge in [0.1, 0.15) is 0 Å². The molecule has 0 bridgehead atoms. The van der Waals surface area contributed by atoms with Crippen molar-refractivity contribution < 1.29 is 57.3 Å². The fraction of sp³-hybridized carbons (Fsp3) is 1.00. The number of halogens is 1. The molecule has 0 saturated heterocycles. The Bertz CT molecular complexity index is 1000. The second kappa shape index (κ2) is 21.4. The molecule has 0 aliphatic heterocycles. The molecule has 0 spiro atoms. The van der Waals surface area contributed by atoms with E-state index in [-0.39, 0.29) is 40.5 Å². The first-order chi connectivity index (χ1) is 15.3. The zero-order chi connectivity index (χ0) is 29.7. The van der Waals surface area contributed by atoms with E-state index in [9.17, 15) is 52.2 Å². The van der Waals surface area contributed by atoms with Crippen molar-refractivity contribution in [1.82, 2.24) is 0 Å². The molecular weight excluding hydrogens is 602 g/mol. The fourth-order valence-electron chi connectivity index (χ4n) is 0.514. The van der Waals surface area contributed by atoms with Crippen LogP contribution in [0.2, 0.25) is 0 Å². The average molecular weight is 639 g/mol. The lowest BCUT2D eigenvalue weighted by Gasteiger charge is -1.90. The van der Waals surface area contributed by atoms with E-state index in [1.807, 2.05) is 0 Å². The van der Waals surface area contributed by atoms with Crippen LogP contribution in [-0.2, 0) is 48.7 Å². The molecule has 0 fully saturated rings. The molecular formula is C13H37ClN3O13S5+. The van der Waals surface area contributed by atoms with E-state index >= 15 is 0 Å². The number of nitrogens with zero attached hydrogens (tertiary/aromatic N) is 1. The molecule has 0 heterocycles. The Morgan fingerprint density at radius 3 is 1.06 bits per heavy atom. The normalized spacial score (nSPS) is 11.6. The van der Waals surface area contributed by atoms with E-state index in [0.29, 0.717) is 0 Å². The molecule has 6 N–H and O–H groups in total. The molecule has 0 unspecified atom stereocenters. The monoisotopic (exact) mass is 638 g/mol. The maximum Gasteiger partial charge on any atom is 0.301 e. The van der Waals surface area contributed by atoms with Gasteiger partial charge in [0.05, 0.1) is 28.9 Å². The quantitative estimate of drug-likeness (QED) is 0.107. The number of rotatable bonds is 9. The van der Waals surface area contributed by atoms with Gasteiger partial charge in [0.2, 0.25) is 18.9 Å².